The van der Waals surface area contributed by atoms with Crippen LogP contribution >= 0.6 is 0 Å². The van der Waals surface area contributed by atoms with Crippen LogP contribution < -0.4 is 9.47 Å². The van der Waals surface area contributed by atoms with E-state index in [0.29, 0.717) is 10.6 Å². The van der Waals surface area contributed by atoms with Crippen molar-refractivity contribution in [2.45, 2.75) is 82.1 Å². The lowest BCUT2D eigenvalue weighted by molar-refractivity contribution is -0.342. The van der Waals surface area contributed by atoms with E-state index in [1.807, 2.05) is 0 Å². The average Bonchev–Trinajstić information content (AvgIpc) is 3.56. The molecule has 0 bridgehead atoms. The molecule has 66 heavy (non-hydrogen) atoms. The van der Waals surface area contributed by atoms with Crippen LogP contribution in [-0.4, -0.2) is 133 Å². The molecule has 4 aromatic rings. The first-order valence-electron chi connectivity index (χ1n) is 20.6. The molecule has 1 N–H and O–H groups in total. The number of nitrogens with zero attached hydrogens (tertiary/aromatic N) is 1. The van der Waals surface area contributed by atoms with Crippen molar-refractivity contribution < 1.29 is 86.0 Å². The van der Waals surface area contributed by atoms with Gasteiger partial charge in [-0.25, -0.2) is 9.59 Å². The normalized spacial score (nSPS) is 25.7. The third-order valence-electron chi connectivity index (χ3n) is 10.7. The molecule has 3 heterocycles. The third kappa shape index (κ3) is 10.5. The first kappa shape index (κ1) is 46.8. The van der Waals surface area contributed by atoms with Crippen molar-refractivity contribution in [3.05, 3.63) is 131 Å². The van der Waals surface area contributed by atoms with Crippen LogP contribution in [0.4, 0.5) is 0 Å². The Morgan fingerprint density at radius 3 is 1.64 bits per heavy atom. The quantitative estimate of drug-likeness (QED) is 0.102. The number of rotatable bonds is 15. The van der Waals surface area contributed by atoms with E-state index in [1.54, 1.807) is 48.5 Å². The van der Waals surface area contributed by atoms with Crippen LogP contribution in [0.15, 0.2) is 109 Å². The largest absolute Gasteiger partial charge is 0.497 e. The summed E-state index contributed by atoms with van der Waals surface area (Å²) in [5.41, 5.74) is 0.158. The van der Waals surface area contributed by atoms with Crippen molar-refractivity contribution in [1.82, 2.24) is 4.90 Å². The van der Waals surface area contributed by atoms with E-state index in [9.17, 15) is 38.7 Å². The number of imide groups is 1. The van der Waals surface area contributed by atoms with E-state index < -0.39 is 116 Å². The number of carbonyl (C=O) groups excluding carboxylic acids is 7. The topological polar surface area (TPSA) is 235 Å². The molecule has 2 amide bonds. The molecule has 2 fully saturated rings. The smallest absolute Gasteiger partial charge is 0.338 e. The van der Waals surface area contributed by atoms with Gasteiger partial charge in [-0.15, -0.1) is 0 Å². The van der Waals surface area contributed by atoms with E-state index in [-0.39, 0.29) is 28.0 Å². The molecule has 2 saturated heterocycles. The molecule has 19 heteroatoms. The highest BCUT2D eigenvalue weighted by Gasteiger charge is 2.60. The molecule has 10 atom stereocenters. The maximum Gasteiger partial charge on any atom is 0.338 e. The summed E-state index contributed by atoms with van der Waals surface area (Å²) in [4.78, 5) is 94.3. The molecule has 0 radical (unpaired) electrons. The predicted molar refractivity (Wildman–Crippen MR) is 223 cm³/mol. The monoisotopic (exact) mass is 911 g/mol. The fraction of sp³-hybridized carbons (Fsp3) is 0.340. The highest BCUT2D eigenvalue weighted by atomic mass is 16.8. The van der Waals surface area contributed by atoms with Crippen LogP contribution in [-0.2, 0) is 52.3 Å². The summed E-state index contributed by atoms with van der Waals surface area (Å²) >= 11 is 0. The molecule has 0 aromatic heterocycles. The summed E-state index contributed by atoms with van der Waals surface area (Å²) in [6, 6.07) is 25.9. The molecule has 0 spiro atoms. The number of amides is 2. The molecule has 7 rings (SSSR count). The number of fused-ring (bicyclic) bond motifs is 1. The van der Waals surface area contributed by atoms with E-state index in [0.717, 1.165) is 20.8 Å². The zero-order valence-corrected chi connectivity index (χ0v) is 35.9. The molecule has 19 nitrogen and oxygen atoms in total. The van der Waals surface area contributed by atoms with Crippen molar-refractivity contribution >= 4 is 41.7 Å². The second-order valence-electron chi connectivity index (χ2n) is 15.1. The minimum absolute atomic E-state index is 0.0390. The van der Waals surface area contributed by atoms with Gasteiger partial charge in [0.15, 0.2) is 24.6 Å². The predicted octanol–water partition coefficient (Wildman–Crippen LogP) is 3.44. The summed E-state index contributed by atoms with van der Waals surface area (Å²) in [5.74, 6) is -5.55. The molecule has 0 unspecified atom stereocenters. The fourth-order valence-corrected chi connectivity index (χ4v) is 7.68. The van der Waals surface area contributed by atoms with Crippen LogP contribution in [0, 0.1) is 0 Å². The summed E-state index contributed by atoms with van der Waals surface area (Å²) in [6.45, 7) is 1.89. The Kier molecular flexibility index (Phi) is 14.7. The lowest BCUT2D eigenvalue weighted by Gasteiger charge is -2.50. The maximum atomic E-state index is 14.3. The number of ether oxygens (including phenoxy) is 10. The Morgan fingerprint density at radius 1 is 0.561 bits per heavy atom. The van der Waals surface area contributed by atoms with Crippen LogP contribution in [0.1, 0.15) is 62.2 Å². The Labute approximate surface area is 377 Å². The van der Waals surface area contributed by atoms with Gasteiger partial charge in [0.2, 0.25) is 6.29 Å². The van der Waals surface area contributed by atoms with Gasteiger partial charge >= 0.3 is 29.8 Å². The molecular weight excluding hydrogens is 867 g/mol. The Hall–Kier alpha value is -7.19. The number of methoxy groups -OCH3 is 1. The molecular formula is C47H45NO18. The molecule has 0 saturated carbocycles. The van der Waals surface area contributed by atoms with Crippen molar-refractivity contribution in [3.8, 4) is 11.5 Å². The van der Waals surface area contributed by atoms with Crippen LogP contribution in [0.5, 0.6) is 11.5 Å². The highest BCUT2D eigenvalue weighted by Crippen LogP contribution is 2.39. The minimum atomic E-state index is -1.99. The highest BCUT2D eigenvalue weighted by molar-refractivity contribution is 6.21. The molecule has 3 aliphatic rings. The van der Waals surface area contributed by atoms with Crippen LogP contribution in [0.3, 0.4) is 0 Å². The lowest BCUT2D eigenvalue weighted by Crippen LogP contribution is -2.70. The summed E-state index contributed by atoms with van der Waals surface area (Å²) in [7, 11) is 1.46. The molecule has 3 aliphatic heterocycles. The van der Waals surface area contributed by atoms with Crippen LogP contribution in [0.25, 0.3) is 0 Å². The second kappa shape index (κ2) is 20.8. The number of benzene rings is 4. The standard InChI is InChI=1S/C47H45NO18/c1-25(49)58-24-35-38(60-26(2)50)39(61-27(3)51)36(48-42(53)32-17-11-12-18-33(32)43(48)54)46(64-35)66-40-37(52)34(23-59-44(55)28-13-7-5-8-14-28)63-47(62-31-21-19-30(57-4)20-22-31)41(40)65-45(56)29-15-9-6-10-16-29/h5-22,34-41,46-47,52H,23-24H2,1-4H3/t34-,35-,36-,37+,38-,39-,40+,41-,46+,47-/m1/s1. The average molecular weight is 912 g/mol. The first-order valence-corrected chi connectivity index (χ1v) is 20.6. The number of hydrogen-bond donors (Lipinski definition) is 1. The Balaban J connectivity index is 1.35. The van der Waals surface area contributed by atoms with Gasteiger partial charge in [-0.1, -0.05) is 48.5 Å². The Bertz CT molecular complexity index is 2380. The molecule has 0 aliphatic carbocycles. The number of carbonyl (C=O) groups is 7. The van der Waals surface area contributed by atoms with Gasteiger partial charge in [0.1, 0.15) is 55.2 Å². The number of aliphatic hydroxyl groups is 1. The first-order chi connectivity index (χ1) is 31.7. The van der Waals surface area contributed by atoms with Gasteiger partial charge in [0, 0.05) is 20.8 Å². The second-order valence-corrected chi connectivity index (χ2v) is 15.1. The maximum absolute atomic E-state index is 14.3. The molecule has 4 aromatic carbocycles. The number of esters is 5. The lowest BCUT2D eigenvalue weighted by atomic mass is 9.93. The van der Waals surface area contributed by atoms with Crippen LogP contribution in [0.2, 0.25) is 0 Å². The van der Waals surface area contributed by atoms with Gasteiger partial charge in [-0.3, -0.25) is 28.9 Å². The van der Waals surface area contributed by atoms with Crippen molar-refractivity contribution in [3.63, 3.8) is 0 Å². The summed E-state index contributed by atoms with van der Waals surface area (Å²) in [6.07, 6.45) is -15.7. The molecule has 346 valence electrons. The van der Waals surface area contributed by atoms with Gasteiger partial charge in [0.05, 0.1) is 29.4 Å². The van der Waals surface area contributed by atoms with Crippen molar-refractivity contribution in [2.75, 3.05) is 20.3 Å². The van der Waals surface area contributed by atoms with Gasteiger partial charge in [0.25, 0.3) is 11.8 Å². The van der Waals surface area contributed by atoms with Gasteiger partial charge in [-0.2, -0.15) is 0 Å². The zero-order chi connectivity index (χ0) is 47.1. The minimum Gasteiger partial charge on any atom is -0.497 e. The van der Waals surface area contributed by atoms with Gasteiger partial charge < -0.3 is 52.5 Å². The van der Waals surface area contributed by atoms with E-state index in [1.165, 1.54) is 67.8 Å². The Morgan fingerprint density at radius 2 is 1.08 bits per heavy atom. The van der Waals surface area contributed by atoms with E-state index >= 15 is 0 Å². The number of aliphatic hydroxyl groups excluding tert-OH is 1. The van der Waals surface area contributed by atoms with Crippen molar-refractivity contribution in [2.24, 2.45) is 0 Å². The summed E-state index contributed by atoms with van der Waals surface area (Å²) < 4.78 is 59.2. The third-order valence-corrected chi connectivity index (χ3v) is 10.7. The fourth-order valence-electron chi connectivity index (χ4n) is 7.68. The van der Waals surface area contributed by atoms with Gasteiger partial charge in [-0.05, 0) is 60.7 Å². The van der Waals surface area contributed by atoms with Crippen molar-refractivity contribution in [1.29, 1.82) is 0 Å². The SMILES string of the molecule is COc1ccc(O[C@@H]2O[C@H](COC(=O)c3ccccc3)[C@H](O)[C@H](O[C@@H]3O[C@H](COC(C)=O)[C@@H](OC(C)=O)[C@H](OC(C)=O)[C@H]3N3C(=O)c4ccccc4C3=O)[C@H]2OC(=O)c2ccccc2)cc1. The van der Waals surface area contributed by atoms with E-state index in [2.05, 4.69) is 0 Å². The summed E-state index contributed by atoms with van der Waals surface area (Å²) in [5, 5.41) is 12.3. The number of hydrogen-bond acceptors (Lipinski definition) is 18. The zero-order valence-electron chi connectivity index (χ0n) is 35.9. The van der Waals surface area contributed by atoms with E-state index in [4.69, 9.17) is 47.4 Å².